The highest BCUT2D eigenvalue weighted by Gasteiger charge is 2.25. The first kappa shape index (κ1) is 17.7. The second-order valence-corrected chi connectivity index (χ2v) is 7.06. The second-order valence-electron chi connectivity index (χ2n) is 6.14. The first-order chi connectivity index (χ1) is 12.1. The van der Waals surface area contributed by atoms with E-state index in [1.165, 1.54) is 5.56 Å². The lowest BCUT2D eigenvalue weighted by molar-refractivity contribution is 0.0535. The largest absolute Gasteiger partial charge is 0.335 e. The third kappa shape index (κ3) is 4.10. The first-order valence-electron chi connectivity index (χ1n) is 8.51. The van der Waals surface area contributed by atoms with Crippen molar-refractivity contribution in [1.29, 1.82) is 0 Å². The maximum Gasteiger partial charge on any atom is 0.253 e. The van der Waals surface area contributed by atoms with Crippen LogP contribution >= 0.6 is 15.9 Å². The molecule has 0 saturated carbocycles. The summed E-state index contributed by atoms with van der Waals surface area (Å²) in [5.74, 6) is 0.0605. The predicted octanol–water partition coefficient (Wildman–Crippen LogP) is 3.61. The van der Waals surface area contributed by atoms with Crippen LogP contribution < -0.4 is 0 Å². The molecule has 2 aromatic carbocycles. The van der Waals surface area contributed by atoms with E-state index in [-0.39, 0.29) is 11.8 Å². The van der Waals surface area contributed by atoms with Crippen LogP contribution in [0.15, 0.2) is 53.0 Å². The highest BCUT2D eigenvalue weighted by Crippen LogP contribution is 2.15. The van der Waals surface area contributed by atoms with Gasteiger partial charge in [0, 0.05) is 41.8 Å². The lowest BCUT2D eigenvalue weighted by atomic mass is 10.1. The van der Waals surface area contributed by atoms with E-state index in [1.807, 2.05) is 58.3 Å². The Morgan fingerprint density at radius 1 is 0.800 bits per heavy atom. The topological polar surface area (TPSA) is 40.6 Å². The molecular weight excluding hydrogens is 380 g/mol. The number of benzene rings is 2. The van der Waals surface area contributed by atoms with Crippen LogP contribution in [0.4, 0.5) is 0 Å². The van der Waals surface area contributed by atoms with Gasteiger partial charge < -0.3 is 9.80 Å². The minimum atomic E-state index is 0.0203. The number of aryl methyl sites for hydroxylation is 1. The van der Waals surface area contributed by atoms with Gasteiger partial charge in [0.25, 0.3) is 11.8 Å². The van der Waals surface area contributed by atoms with Crippen LogP contribution in [0.1, 0.15) is 33.2 Å². The number of amides is 2. The summed E-state index contributed by atoms with van der Waals surface area (Å²) in [6.07, 6.45) is 0.964. The number of carbonyl (C=O) groups excluding carboxylic acids is 2. The van der Waals surface area contributed by atoms with Gasteiger partial charge in [-0.3, -0.25) is 9.59 Å². The fourth-order valence-corrected chi connectivity index (χ4v) is 3.22. The van der Waals surface area contributed by atoms with Crippen molar-refractivity contribution in [2.75, 3.05) is 26.2 Å². The maximum atomic E-state index is 12.6. The van der Waals surface area contributed by atoms with Crippen molar-refractivity contribution >= 4 is 27.7 Å². The number of hydrogen-bond donors (Lipinski definition) is 0. The number of carbonyl (C=O) groups is 2. The minimum absolute atomic E-state index is 0.0203. The van der Waals surface area contributed by atoms with Gasteiger partial charge in [0.2, 0.25) is 0 Å². The van der Waals surface area contributed by atoms with Gasteiger partial charge in [-0.15, -0.1) is 0 Å². The van der Waals surface area contributed by atoms with Crippen LogP contribution in [0.25, 0.3) is 0 Å². The number of piperazine rings is 1. The van der Waals surface area contributed by atoms with Crippen molar-refractivity contribution in [3.8, 4) is 0 Å². The summed E-state index contributed by atoms with van der Waals surface area (Å²) < 4.78 is 0.952. The fraction of sp³-hybridized carbons (Fsp3) is 0.300. The Kier molecular flexibility index (Phi) is 5.53. The molecule has 0 atom stereocenters. The highest BCUT2D eigenvalue weighted by molar-refractivity contribution is 9.10. The van der Waals surface area contributed by atoms with Gasteiger partial charge in [-0.1, -0.05) is 35.0 Å². The van der Waals surface area contributed by atoms with E-state index in [2.05, 4.69) is 22.9 Å². The SMILES string of the molecule is CCc1ccc(C(=O)N2CCN(C(=O)c3ccc(Br)cc3)CC2)cc1. The van der Waals surface area contributed by atoms with Crippen molar-refractivity contribution in [2.45, 2.75) is 13.3 Å². The molecule has 25 heavy (non-hydrogen) atoms. The van der Waals surface area contributed by atoms with Crippen molar-refractivity contribution in [2.24, 2.45) is 0 Å². The van der Waals surface area contributed by atoms with Gasteiger partial charge >= 0.3 is 0 Å². The van der Waals surface area contributed by atoms with Crippen LogP contribution in [0.2, 0.25) is 0 Å². The summed E-state index contributed by atoms with van der Waals surface area (Å²) in [6, 6.07) is 15.2. The van der Waals surface area contributed by atoms with Gasteiger partial charge in [0.1, 0.15) is 0 Å². The van der Waals surface area contributed by atoms with Crippen LogP contribution in [0.5, 0.6) is 0 Å². The van der Waals surface area contributed by atoms with E-state index in [1.54, 1.807) is 0 Å². The quantitative estimate of drug-likeness (QED) is 0.789. The molecule has 0 bridgehead atoms. The van der Waals surface area contributed by atoms with Gasteiger partial charge in [0.15, 0.2) is 0 Å². The standard InChI is InChI=1S/C20H21BrN2O2/c1-2-15-3-5-16(6-4-15)19(24)22-11-13-23(14-12-22)20(25)17-7-9-18(21)10-8-17/h3-10H,2,11-14H2,1H3. The number of halogens is 1. The average molecular weight is 401 g/mol. The smallest absolute Gasteiger partial charge is 0.253 e. The Hall–Kier alpha value is -2.14. The summed E-state index contributed by atoms with van der Waals surface area (Å²) >= 11 is 3.38. The molecule has 2 aromatic rings. The Morgan fingerprint density at radius 2 is 1.20 bits per heavy atom. The lowest BCUT2D eigenvalue weighted by Gasteiger charge is -2.35. The van der Waals surface area contributed by atoms with E-state index in [9.17, 15) is 9.59 Å². The summed E-state index contributed by atoms with van der Waals surface area (Å²) in [6.45, 7) is 4.35. The van der Waals surface area contributed by atoms with E-state index in [0.29, 0.717) is 37.3 Å². The zero-order chi connectivity index (χ0) is 17.8. The molecule has 0 radical (unpaired) electrons. The van der Waals surface area contributed by atoms with E-state index < -0.39 is 0 Å². The Bertz CT molecular complexity index is 748. The molecule has 3 rings (SSSR count). The van der Waals surface area contributed by atoms with Gasteiger partial charge in [0.05, 0.1) is 0 Å². The molecule has 2 amide bonds. The van der Waals surface area contributed by atoms with Crippen molar-refractivity contribution in [3.05, 3.63) is 69.7 Å². The second kappa shape index (κ2) is 7.83. The zero-order valence-electron chi connectivity index (χ0n) is 14.2. The monoisotopic (exact) mass is 400 g/mol. The third-order valence-corrected chi connectivity index (χ3v) is 5.08. The molecule has 0 spiro atoms. The Morgan fingerprint density at radius 3 is 1.60 bits per heavy atom. The van der Waals surface area contributed by atoms with E-state index >= 15 is 0 Å². The summed E-state index contributed by atoms with van der Waals surface area (Å²) in [4.78, 5) is 28.8. The van der Waals surface area contributed by atoms with Gasteiger partial charge in [-0.2, -0.15) is 0 Å². The molecule has 1 saturated heterocycles. The molecule has 1 aliphatic rings. The van der Waals surface area contributed by atoms with Crippen LogP contribution in [0, 0.1) is 0 Å². The first-order valence-corrected chi connectivity index (χ1v) is 9.31. The van der Waals surface area contributed by atoms with Crippen molar-refractivity contribution in [1.82, 2.24) is 9.80 Å². The average Bonchev–Trinajstić information content (AvgIpc) is 2.67. The number of nitrogens with zero attached hydrogens (tertiary/aromatic N) is 2. The Balaban J connectivity index is 1.60. The van der Waals surface area contributed by atoms with Crippen LogP contribution in [0.3, 0.4) is 0 Å². The molecule has 1 fully saturated rings. The van der Waals surface area contributed by atoms with Crippen LogP contribution in [-0.4, -0.2) is 47.8 Å². The normalized spacial score (nSPS) is 14.5. The molecule has 1 heterocycles. The zero-order valence-corrected chi connectivity index (χ0v) is 15.8. The number of hydrogen-bond acceptors (Lipinski definition) is 2. The van der Waals surface area contributed by atoms with E-state index in [4.69, 9.17) is 0 Å². The maximum absolute atomic E-state index is 12.6. The van der Waals surface area contributed by atoms with E-state index in [0.717, 1.165) is 10.9 Å². The fourth-order valence-electron chi connectivity index (χ4n) is 2.95. The third-order valence-electron chi connectivity index (χ3n) is 4.55. The molecule has 1 aliphatic heterocycles. The Labute approximate surface area is 156 Å². The minimum Gasteiger partial charge on any atom is -0.335 e. The van der Waals surface area contributed by atoms with Gasteiger partial charge in [-0.05, 0) is 48.4 Å². The lowest BCUT2D eigenvalue weighted by Crippen LogP contribution is -2.50. The molecular formula is C20H21BrN2O2. The molecule has 5 heteroatoms. The van der Waals surface area contributed by atoms with Crippen molar-refractivity contribution in [3.63, 3.8) is 0 Å². The molecule has 4 nitrogen and oxygen atoms in total. The molecule has 0 N–H and O–H groups in total. The molecule has 0 aliphatic carbocycles. The summed E-state index contributed by atoms with van der Waals surface area (Å²) in [5.41, 5.74) is 2.62. The molecule has 0 unspecified atom stereocenters. The summed E-state index contributed by atoms with van der Waals surface area (Å²) in [5, 5.41) is 0. The highest BCUT2D eigenvalue weighted by atomic mass is 79.9. The van der Waals surface area contributed by atoms with Crippen molar-refractivity contribution < 1.29 is 9.59 Å². The molecule has 0 aromatic heterocycles. The van der Waals surface area contributed by atoms with Crippen LogP contribution in [-0.2, 0) is 6.42 Å². The van der Waals surface area contributed by atoms with Gasteiger partial charge in [-0.25, -0.2) is 0 Å². The summed E-state index contributed by atoms with van der Waals surface area (Å²) in [7, 11) is 0. The predicted molar refractivity (Wildman–Crippen MR) is 102 cm³/mol. The molecule has 130 valence electrons. The number of rotatable bonds is 3.